The van der Waals surface area contributed by atoms with E-state index < -0.39 is 0 Å². The predicted molar refractivity (Wildman–Crippen MR) is 59.8 cm³/mol. The summed E-state index contributed by atoms with van der Waals surface area (Å²) in [5.74, 6) is 5.06. The molecule has 76 valence electrons. The maximum atomic E-state index is 5.06. The van der Waals surface area contributed by atoms with Crippen LogP contribution in [0.15, 0.2) is 28.7 Å². The van der Waals surface area contributed by atoms with E-state index in [0.29, 0.717) is 12.0 Å². The lowest BCUT2D eigenvalue weighted by Crippen LogP contribution is -2.12. The minimum atomic E-state index is 0.361. The van der Waals surface area contributed by atoms with E-state index in [0.717, 1.165) is 10.9 Å². The Morgan fingerprint density at radius 1 is 1.29 bits per heavy atom. The molecule has 0 spiro atoms. The van der Waals surface area contributed by atoms with Crippen molar-refractivity contribution in [2.45, 2.75) is 24.7 Å². The summed E-state index contributed by atoms with van der Waals surface area (Å²) in [4.78, 5) is 4.65. The molecule has 0 bridgehead atoms. The van der Waals surface area contributed by atoms with Gasteiger partial charge in [-0.15, -0.1) is 0 Å². The fraction of sp³-hybridized carbons (Fsp3) is 0.455. The Balaban J connectivity index is 2.10. The van der Waals surface area contributed by atoms with Crippen LogP contribution in [0.5, 0.6) is 0 Å². The van der Waals surface area contributed by atoms with Gasteiger partial charge in [-0.25, -0.2) is 5.90 Å². The van der Waals surface area contributed by atoms with E-state index in [-0.39, 0.29) is 0 Å². The maximum Gasteiger partial charge on any atom is 0.0687 e. The van der Waals surface area contributed by atoms with E-state index in [1.807, 2.05) is 0 Å². The van der Waals surface area contributed by atoms with Crippen molar-refractivity contribution in [2.24, 2.45) is 5.90 Å². The van der Waals surface area contributed by atoms with Gasteiger partial charge in [0.05, 0.1) is 6.61 Å². The third-order valence-corrected chi connectivity index (χ3v) is 3.54. The number of nitrogens with two attached hydrogens (primary N) is 1. The first-order valence-electron chi connectivity index (χ1n) is 4.85. The normalized spacial score (nSPS) is 18.1. The van der Waals surface area contributed by atoms with Gasteiger partial charge >= 0.3 is 0 Å². The summed E-state index contributed by atoms with van der Waals surface area (Å²) in [7, 11) is 0. The standard InChI is InChI=1S/C11H14BrNO/c12-10-3-1-9(2-4-10)11(5-6-11)7-8-14-13/h1-4H,5-8,13H2. The zero-order valence-electron chi connectivity index (χ0n) is 8.00. The van der Waals surface area contributed by atoms with Crippen LogP contribution < -0.4 is 5.90 Å². The first kappa shape index (κ1) is 10.1. The Morgan fingerprint density at radius 3 is 2.43 bits per heavy atom. The molecule has 3 heteroatoms. The molecule has 1 saturated carbocycles. The first-order valence-corrected chi connectivity index (χ1v) is 5.64. The van der Waals surface area contributed by atoms with Gasteiger partial charge < -0.3 is 4.84 Å². The van der Waals surface area contributed by atoms with Gasteiger partial charge in [-0.05, 0) is 42.4 Å². The summed E-state index contributed by atoms with van der Waals surface area (Å²) >= 11 is 3.44. The monoisotopic (exact) mass is 255 g/mol. The van der Waals surface area contributed by atoms with Crippen LogP contribution in [0, 0.1) is 0 Å². The number of halogens is 1. The van der Waals surface area contributed by atoms with Gasteiger partial charge in [0.1, 0.15) is 0 Å². The quantitative estimate of drug-likeness (QED) is 0.840. The molecule has 0 aliphatic heterocycles. The van der Waals surface area contributed by atoms with Gasteiger partial charge in [-0.3, -0.25) is 0 Å². The number of rotatable bonds is 4. The lowest BCUT2D eigenvalue weighted by Gasteiger charge is -2.14. The van der Waals surface area contributed by atoms with Crippen molar-refractivity contribution >= 4 is 15.9 Å². The average molecular weight is 256 g/mol. The van der Waals surface area contributed by atoms with Crippen molar-refractivity contribution in [3.63, 3.8) is 0 Å². The van der Waals surface area contributed by atoms with Crippen LogP contribution in [0.2, 0.25) is 0 Å². The molecule has 1 fully saturated rings. The Labute approximate surface area is 92.5 Å². The largest absolute Gasteiger partial charge is 0.305 e. The van der Waals surface area contributed by atoms with E-state index in [9.17, 15) is 0 Å². The molecule has 0 unspecified atom stereocenters. The highest BCUT2D eigenvalue weighted by Crippen LogP contribution is 2.50. The Bertz CT molecular complexity index is 306. The second-order valence-electron chi connectivity index (χ2n) is 3.91. The minimum absolute atomic E-state index is 0.361. The fourth-order valence-corrected chi connectivity index (χ4v) is 2.16. The topological polar surface area (TPSA) is 35.2 Å². The van der Waals surface area contributed by atoms with Gasteiger partial charge in [0, 0.05) is 4.47 Å². The van der Waals surface area contributed by atoms with Crippen molar-refractivity contribution in [2.75, 3.05) is 6.61 Å². The van der Waals surface area contributed by atoms with Gasteiger partial charge in [0.25, 0.3) is 0 Å². The minimum Gasteiger partial charge on any atom is -0.305 e. The summed E-state index contributed by atoms with van der Waals surface area (Å²) < 4.78 is 1.13. The third-order valence-electron chi connectivity index (χ3n) is 3.01. The molecule has 0 radical (unpaired) electrons. The fourth-order valence-electron chi connectivity index (χ4n) is 1.89. The molecule has 2 nitrogen and oxygen atoms in total. The highest BCUT2D eigenvalue weighted by atomic mass is 79.9. The molecular formula is C11H14BrNO. The highest BCUT2D eigenvalue weighted by Gasteiger charge is 2.43. The van der Waals surface area contributed by atoms with Crippen molar-refractivity contribution < 1.29 is 4.84 Å². The van der Waals surface area contributed by atoms with Crippen LogP contribution >= 0.6 is 15.9 Å². The Morgan fingerprint density at radius 2 is 1.93 bits per heavy atom. The molecule has 0 aromatic heterocycles. The summed E-state index contributed by atoms with van der Waals surface area (Å²) in [6.07, 6.45) is 3.56. The SMILES string of the molecule is NOCCC1(c2ccc(Br)cc2)CC1. The van der Waals surface area contributed by atoms with Gasteiger partial charge in [-0.2, -0.15) is 0 Å². The summed E-state index contributed by atoms with van der Waals surface area (Å²) in [5.41, 5.74) is 1.78. The van der Waals surface area contributed by atoms with Crippen LogP contribution in [0.3, 0.4) is 0 Å². The molecule has 1 aromatic carbocycles. The van der Waals surface area contributed by atoms with Crippen molar-refractivity contribution in [3.8, 4) is 0 Å². The lowest BCUT2D eigenvalue weighted by atomic mass is 9.93. The first-order chi connectivity index (χ1) is 6.77. The van der Waals surface area contributed by atoms with Crippen molar-refractivity contribution in [1.82, 2.24) is 0 Å². The molecule has 14 heavy (non-hydrogen) atoms. The average Bonchev–Trinajstić information content (AvgIpc) is 2.97. The van der Waals surface area contributed by atoms with Gasteiger partial charge in [0.2, 0.25) is 0 Å². The van der Waals surface area contributed by atoms with E-state index >= 15 is 0 Å². The number of hydrogen-bond acceptors (Lipinski definition) is 2. The molecular weight excluding hydrogens is 242 g/mol. The molecule has 0 heterocycles. The maximum absolute atomic E-state index is 5.06. The predicted octanol–water partition coefficient (Wildman–Crippen LogP) is 2.76. The van der Waals surface area contributed by atoms with E-state index in [4.69, 9.17) is 5.90 Å². The van der Waals surface area contributed by atoms with E-state index in [1.54, 1.807) is 0 Å². The summed E-state index contributed by atoms with van der Waals surface area (Å²) in [6, 6.07) is 8.57. The summed E-state index contributed by atoms with van der Waals surface area (Å²) in [6.45, 7) is 0.649. The number of hydrogen-bond donors (Lipinski definition) is 1. The zero-order chi connectivity index (χ0) is 10.0. The van der Waals surface area contributed by atoms with Crippen molar-refractivity contribution in [3.05, 3.63) is 34.3 Å². The Kier molecular flexibility index (Phi) is 2.91. The highest BCUT2D eigenvalue weighted by molar-refractivity contribution is 9.10. The van der Waals surface area contributed by atoms with Gasteiger partial charge in [-0.1, -0.05) is 28.1 Å². The van der Waals surface area contributed by atoms with Crippen LogP contribution in [0.4, 0.5) is 0 Å². The van der Waals surface area contributed by atoms with Crippen LogP contribution in [-0.2, 0) is 10.3 Å². The van der Waals surface area contributed by atoms with Crippen LogP contribution in [-0.4, -0.2) is 6.61 Å². The van der Waals surface area contributed by atoms with E-state index in [1.165, 1.54) is 18.4 Å². The van der Waals surface area contributed by atoms with Crippen molar-refractivity contribution in [1.29, 1.82) is 0 Å². The van der Waals surface area contributed by atoms with Gasteiger partial charge in [0.15, 0.2) is 0 Å². The zero-order valence-corrected chi connectivity index (χ0v) is 9.59. The van der Waals surface area contributed by atoms with Crippen LogP contribution in [0.1, 0.15) is 24.8 Å². The molecule has 0 amide bonds. The molecule has 2 rings (SSSR count). The molecule has 1 aliphatic rings. The summed E-state index contributed by atoms with van der Waals surface area (Å²) in [5, 5.41) is 0. The Hall–Kier alpha value is -0.380. The molecule has 1 aromatic rings. The molecule has 1 aliphatic carbocycles. The lowest BCUT2D eigenvalue weighted by molar-refractivity contribution is 0.128. The molecule has 2 N–H and O–H groups in total. The van der Waals surface area contributed by atoms with E-state index in [2.05, 4.69) is 45.0 Å². The second-order valence-corrected chi connectivity index (χ2v) is 4.82. The third kappa shape index (κ3) is 2.00. The van der Waals surface area contributed by atoms with Crippen LogP contribution in [0.25, 0.3) is 0 Å². The second kappa shape index (κ2) is 4.01. The smallest absolute Gasteiger partial charge is 0.0687 e. The number of benzene rings is 1. The molecule has 0 atom stereocenters. The molecule has 0 saturated heterocycles.